The van der Waals surface area contributed by atoms with Crippen molar-refractivity contribution in [1.29, 1.82) is 0 Å². The van der Waals surface area contributed by atoms with Gasteiger partial charge in [0.15, 0.2) is 17.3 Å². The number of aliphatic imine (C=N–C) groups is 2. The van der Waals surface area contributed by atoms with Crippen LogP contribution < -0.4 is 37.2 Å². The zero-order valence-corrected chi connectivity index (χ0v) is 23.7. The van der Waals surface area contributed by atoms with Crippen molar-refractivity contribution >= 4 is 59.0 Å². The van der Waals surface area contributed by atoms with Gasteiger partial charge in [-0.25, -0.2) is 19.8 Å². The molecular weight excluding hydrogens is 616 g/mol. The molecule has 3 unspecified atom stereocenters. The zero-order chi connectivity index (χ0) is 33.5. The number of aliphatic hydroxyl groups is 2. The van der Waals surface area contributed by atoms with E-state index in [9.17, 15) is 34.8 Å². The maximum absolute atomic E-state index is 12.0. The van der Waals surface area contributed by atoms with E-state index in [1.165, 1.54) is 0 Å². The molecule has 0 amide bonds. The van der Waals surface area contributed by atoms with Gasteiger partial charge in [0.25, 0.3) is 0 Å². The van der Waals surface area contributed by atoms with E-state index < -0.39 is 47.5 Å². The van der Waals surface area contributed by atoms with Crippen molar-refractivity contribution in [3.63, 3.8) is 0 Å². The Bertz CT molecular complexity index is 1550. The average Bonchev–Trinajstić information content (AvgIpc) is 3.61. The molecule has 1 aromatic heterocycles. The van der Waals surface area contributed by atoms with Gasteiger partial charge >= 0.3 is 17.9 Å². The Labute approximate surface area is 258 Å². The molecule has 0 radical (unpaired) electrons. The smallest absolute Gasteiger partial charge is 0.334 e. The number of aliphatic carboxylic acids is 3. The van der Waals surface area contributed by atoms with Crippen LogP contribution >= 0.6 is 0 Å². The number of benzene rings is 1. The van der Waals surface area contributed by atoms with Gasteiger partial charge in [-0.05, 0) is 24.3 Å². The molecular formula is C24H30N12O10. The SMILES string of the molecule is C=C(OO)C(Nc1nc(NCCO)nc(Nc2ccc(NC3=NC4(NC(=NCCO)N3)NC4(CC(=O)O)C(=O)O)cc2)n1)C(=O)O. The monoisotopic (exact) mass is 646 g/mol. The summed E-state index contributed by atoms with van der Waals surface area (Å²) in [6.45, 7) is 2.79. The maximum atomic E-state index is 12.0. The van der Waals surface area contributed by atoms with Gasteiger partial charge in [-0.15, -0.1) is 0 Å². The van der Waals surface area contributed by atoms with Crippen molar-refractivity contribution in [2.24, 2.45) is 9.98 Å². The summed E-state index contributed by atoms with van der Waals surface area (Å²) in [5.41, 5.74) is -1.07. The van der Waals surface area contributed by atoms with Crippen LogP contribution in [-0.2, 0) is 19.3 Å². The van der Waals surface area contributed by atoms with E-state index in [1.54, 1.807) is 24.3 Å². The number of nitrogens with zero attached hydrogens (tertiary/aromatic N) is 5. The van der Waals surface area contributed by atoms with Crippen LogP contribution in [-0.4, -0.2) is 119 Å². The maximum Gasteiger partial charge on any atom is 0.334 e. The molecule has 0 saturated carbocycles. The third-order valence-corrected chi connectivity index (χ3v) is 6.31. The van der Waals surface area contributed by atoms with Crippen molar-refractivity contribution in [1.82, 2.24) is 30.9 Å². The van der Waals surface area contributed by atoms with Gasteiger partial charge in [-0.3, -0.25) is 20.4 Å². The number of nitrogens with one attached hydrogen (secondary N) is 7. The highest BCUT2D eigenvalue weighted by atomic mass is 17.1. The molecule has 1 saturated heterocycles. The molecule has 22 nitrogen and oxygen atoms in total. The lowest BCUT2D eigenvalue weighted by Crippen LogP contribution is -2.59. The van der Waals surface area contributed by atoms with E-state index in [1.807, 2.05) is 0 Å². The van der Waals surface area contributed by atoms with Crippen molar-refractivity contribution < 1.29 is 50.1 Å². The Morgan fingerprint density at radius 2 is 1.63 bits per heavy atom. The first kappa shape index (κ1) is 33.1. The summed E-state index contributed by atoms with van der Waals surface area (Å²) in [5, 5.41) is 75.0. The summed E-state index contributed by atoms with van der Waals surface area (Å²) in [6, 6.07) is 4.78. The molecule has 0 bridgehead atoms. The van der Waals surface area contributed by atoms with Gasteiger partial charge in [-0.1, -0.05) is 6.58 Å². The quantitative estimate of drug-likeness (QED) is 0.0396. The fraction of sp³-hybridized carbons (Fsp3) is 0.333. The molecule has 3 heterocycles. The largest absolute Gasteiger partial charge is 0.481 e. The lowest BCUT2D eigenvalue weighted by Gasteiger charge is -2.27. The third kappa shape index (κ3) is 7.44. The minimum Gasteiger partial charge on any atom is -0.481 e. The van der Waals surface area contributed by atoms with Gasteiger partial charge in [0.1, 0.15) is 0 Å². The summed E-state index contributed by atoms with van der Waals surface area (Å²) in [4.78, 5) is 59.8. The summed E-state index contributed by atoms with van der Waals surface area (Å²) >= 11 is 0. The van der Waals surface area contributed by atoms with Crippen LogP contribution in [0.15, 0.2) is 46.6 Å². The second-order valence-corrected chi connectivity index (χ2v) is 9.54. The van der Waals surface area contributed by atoms with E-state index in [4.69, 9.17) is 10.4 Å². The molecule has 246 valence electrons. The number of hydrogen-bond donors (Lipinski definition) is 13. The van der Waals surface area contributed by atoms with Crippen LogP contribution in [0.4, 0.5) is 29.2 Å². The lowest BCUT2D eigenvalue weighted by atomic mass is 10.0. The first-order valence-corrected chi connectivity index (χ1v) is 13.2. The fourth-order valence-electron chi connectivity index (χ4n) is 4.17. The Morgan fingerprint density at radius 3 is 2.22 bits per heavy atom. The van der Waals surface area contributed by atoms with Gasteiger partial charge in [0, 0.05) is 17.9 Å². The molecule has 2 aromatic rings. The molecule has 1 spiro atoms. The number of carbonyl (C=O) groups is 3. The van der Waals surface area contributed by atoms with Crippen LogP contribution in [0.1, 0.15) is 6.42 Å². The minimum atomic E-state index is -1.96. The Hall–Kier alpha value is -5.84. The van der Waals surface area contributed by atoms with E-state index in [0.29, 0.717) is 11.4 Å². The third-order valence-electron chi connectivity index (χ3n) is 6.31. The number of carboxylic acids is 3. The Morgan fingerprint density at radius 1 is 0.978 bits per heavy atom. The second-order valence-electron chi connectivity index (χ2n) is 9.54. The molecule has 0 aliphatic carbocycles. The molecule has 2 aliphatic rings. The van der Waals surface area contributed by atoms with Gasteiger partial charge < -0.3 is 57.0 Å². The summed E-state index contributed by atoms with van der Waals surface area (Å²) in [6.07, 6.45) is -0.785. The van der Waals surface area contributed by atoms with Crippen LogP contribution in [0.25, 0.3) is 0 Å². The highest BCUT2D eigenvalue weighted by Gasteiger charge is 2.76. The molecule has 1 fully saturated rings. The molecule has 2 aliphatic heterocycles. The number of hydrogen-bond acceptors (Lipinski definition) is 17. The second kappa shape index (κ2) is 13.9. The summed E-state index contributed by atoms with van der Waals surface area (Å²) in [7, 11) is 0. The predicted molar refractivity (Wildman–Crippen MR) is 158 cm³/mol. The topological polar surface area (TPSA) is 339 Å². The van der Waals surface area contributed by atoms with Crippen LogP contribution in [0.3, 0.4) is 0 Å². The fourth-order valence-corrected chi connectivity index (χ4v) is 4.17. The predicted octanol–water partition coefficient (Wildman–Crippen LogP) is -2.25. The minimum absolute atomic E-state index is 0.0198. The zero-order valence-electron chi connectivity index (χ0n) is 23.7. The van der Waals surface area contributed by atoms with Crippen molar-refractivity contribution in [3.05, 3.63) is 36.6 Å². The van der Waals surface area contributed by atoms with E-state index in [2.05, 4.69) is 73.6 Å². The molecule has 4 rings (SSSR count). The molecule has 3 atom stereocenters. The van der Waals surface area contributed by atoms with E-state index >= 15 is 0 Å². The Balaban J connectivity index is 1.54. The summed E-state index contributed by atoms with van der Waals surface area (Å²) < 4.78 is 0. The van der Waals surface area contributed by atoms with Gasteiger partial charge in [0.2, 0.25) is 35.6 Å². The first-order valence-electron chi connectivity index (χ1n) is 13.2. The lowest BCUT2D eigenvalue weighted by molar-refractivity contribution is -0.207. The standard InChI is InChI=1S/C24H30N12O10/c1-11(46-45)15(16(41)42)29-21-31-18(25-6-8-37)30-20(33-21)27-12-2-4-13(5-3-12)28-22-32-19(26-7-9-38)34-24(35-22)23(36-24,17(43)44)10-14(39)40/h2-5,15,36-38,45H,1,6-10H2,(H,39,40)(H,41,42)(H,43,44)(H3,26,28,32,34,35)(H3,25,27,29,30,31,33). The molecule has 22 heteroatoms. The Kier molecular flexibility index (Phi) is 9.96. The average molecular weight is 647 g/mol. The normalized spacial score (nSPS) is 21.2. The highest BCUT2D eigenvalue weighted by Crippen LogP contribution is 2.42. The van der Waals surface area contributed by atoms with E-state index in [0.717, 1.165) is 0 Å². The first-order chi connectivity index (χ1) is 21.9. The van der Waals surface area contributed by atoms with Crippen molar-refractivity contribution in [3.8, 4) is 0 Å². The molecule has 46 heavy (non-hydrogen) atoms. The molecule has 1 aromatic carbocycles. The number of anilines is 5. The van der Waals surface area contributed by atoms with Gasteiger partial charge in [-0.2, -0.15) is 15.0 Å². The number of aliphatic hydroxyl groups excluding tert-OH is 2. The number of rotatable bonds is 16. The van der Waals surface area contributed by atoms with E-state index in [-0.39, 0.29) is 56.1 Å². The number of carboxylic acid groups (broad SMARTS) is 3. The highest BCUT2D eigenvalue weighted by molar-refractivity contribution is 6.09. The number of guanidine groups is 2. The van der Waals surface area contributed by atoms with Crippen LogP contribution in [0.2, 0.25) is 0 Å². The van der Waals surface area contributed by atoms with Crippen LogP contribution in [0, 0.1) is 0 Å². The van der Waals surface area contributed by atoms with Crippen molar-refractivity contribution in [2.75, 3.05) is 47.6 Å². The summed E-state index contributed by atoms with van der Waals surface area (Å²) in [5.74, 6) is -6.77. The van der Waals surface area contributed by atoms with Gasteiger partial charge in [0.05, 0.1) is 26.2 Å². The van der Waals surface area contributed by atoms with Crippen LogP contribution in [0.5, 0.6) is 0 Å². The number of aromatic nitrogens is 3. The molecule has 13 N–H and O–H groups in total. The van der Waals surface area contributed by atoms with Crippen molar-refractivity contribution in [2.45, 2.75) is 23.8 Å².